The van der Waals surface area contributed by atoms with E-state index in [0.717, 1.165) is 6.07 Å². The van der Waals surface area contributed by atoms with E-state index in [4.69, 9.17) is 4.74 Å². The van der Waals surface area contributed by atoms with Gasteiger partial charge < -0.3 is 14.9 Å². The van der Waals surface area contributed by atoms with Crippen LogP contribution in [-0.2, 0) is 9.59 Å². The van der Waals surface area contributed by atoms with Gasteiger partial charge in [-0.2, -0.15) is 5.10 Å². The minimum absolute atomic E-state index is 0.0804. The van der Waals surface area contributed by atoms with Crippen LogP contribution in [0.15, 0.2) is 47.6 Å². The predicted molar refractivity (Wildman–Crippen MR) is 89.8 cm³/mol. The number of para-hydroxylation sites is 2. The molecule has 0 spiro atoms. The van der Waals surface area contributed by atoms with Crippen LogP contribution in [0.25, 0.3) is 0 Å². The lowest BCUT2D eigenvalue weighted by molar-refractivity contribution is -0.125. The molecule has 0 radical (unpaired) electrons. The number of hydrazone groups is 1. The molecule has 2 aromatic carbocycles. The molecule has 128 valence electrons. The summed E-state index contributed by atoms with van der Waals surface area (Å²) in [6, 6.07) is 10.9. The van der Waals surface area contributed by atoms with Crippen LogP contribution in [0.1, 0.15) is 5.56 Å². The molecule has 0 aliphatic carbocycles. The monoisotopic (exact) mass is 341 g/mol. The largest absolute Gasteiger partial charge is 0.508 e. The van der Waals surface area contributed by atoms with E-state index in [0.29, 0.717) is 17.0 Å². The Bertz CT molecular complexity index is 850. The summed E-state index contributed by atoms with van der Waals surface area (Å²) in [6.07, 6.45) is 1.24. The van der Waals surface area contributed by atoms with Crippen LogP contribution in [0.2, 0.25) is 0 Å². The number of ether oxygens (including phenoxy) is 1. The van der Waals surface area contributed by atoms with Crippen molar-refractivity contribution in [3.8, 4) is 17.2 Å². The second-order valence-corrected chi connectivity index (χ2v) is 5.27. The van der Waals surface area contributed by atoms with Crippen LogP contribution in [0, 0.1) is 0 Å². The number of benzene rings is 2. The molecule has 1 heterocycles. The minimum atomic E-state index is -0.500. The van der Waals surface area contributed by atoms with Crippen LogP contribution in [0.4, 0.5) is 5.69 Å². The van der Waals surface area contributed by atoms with Gasteiger partial charge in [0.15, 0.2) is 6.61 Å². The van der Waals surface area contributed by atoms with E-state index in [1.165, 1.54) is 23.2 Å². The molecule has 2 aromatic rings. The summed E-state index contributed by atoms with van der Waals surface area (Å²) in [6.45, 7) is -0.340. The zero-order chi connectivity index (χ0) is 17.8. The van der Waals surface area contributed by atoms with Gasteiger partial charge in [-0.1, -0.05) is 12.1 Å². The van der Waals surface area contributed by atoms with Gasteiger partial charge in [0.2, 0.25) is 0 Å². The zero-order valence-corrected chi connectivity index (χ0v) is 13.0. The van der Waals surface area contributed by atoms with Crippen molar-refractivity contribution in [3.05, 3.63) is 48.0 Å². The highest BCUT2D eigenvalue weighted by Gasteiger charge is 2.26. The Morgan fingerprint density at radius 3 is 2.88 bits per heavy atom. The molecule has 8 nitrogen and oxygen atoms in total. The Balaban J connectivity index is 1.65. The van der Waals surface area contributed by atoms with Crippen molar-refractivity contribution < 1.29 is 24.5 Å². The summed E-state index contributed by atoms with van der Waals surface area (Å²) in [5.74, 6) is -0.542. The first-order chi connectivity index (χ1) is 12.0. The molecule has 0 bridgehead atoms. The van der Waals surface area contributed by atoms with E-state index in [-0.39, 0.29) is 30.6 Å². The number of amides is 2. The van der Waals surface area contributed by atoms with Crippen molar-refractivity contribution in [2.45, 2.75) is 0 Å². The van der Waals surface area contributed by atoms with Crippen molar-refractivity contribution in [1.29, 1.82) is 0 Å². The number of carbonyl (C=O) groups excluding carboxylic acids is 2. The SMILES string of the molecule is O=C(CN1C(=O)COc2ccccc21)N/N=C/c1ccc(O)cc1O. The number of aromatic hydroxyl groups is 2. The summed E-state index contributed by atoms with van der Waals surface area (Å²) < 4.78 is 5.31. The molecule has 0 fully saturated rings. The van der Waals surface area contributed by atoms with Gasteiger partial charge in [-0.25, -0.2) is 5.43 Å². The van der Waals surface area contributed by atoms with Gasteiger partial charge in [-0.3, -0.25) is 14.5 Å². The molecule has 0 saturated carbocycles. The van der Waals surface area contributed by atoms with E-state index in [2.05, 4.69) is 10.5 Å². The number of nitrogens with one attached hydrogen (secondary N) is 1. The lowest BCUT2D eigenvalue weighted by Crippen LogP contribution is -2.44. The summed E-state index contributed by atoms with van der Waals surface area (Å²) >= 11 is 0. The van der Waals surface area contributed by atoms with Gasteiger partial charge in [-0.05, 0) is 24.3 Å². The molecule has 8 heteroatoms. The molecule has 1 aliphatic rings. The average molecular weight is 341 g/mol. The summed E-state index contributed by atoms with van der Waals surface area (Å²) in [5.41, 5.74) is 3.14. The van der Waals surface area contributed by atoms with E-state index in [9.17, 15) is 19.8 Å². The van der Waals surface area contributed by atoms with Crippen LogP contribution in [-0.4, -0.2) is 41.4 Å². The van der Waals surface area contributed by atoms with Gasteiger partial charge >= 0.3 is 0 Å². The Kier molecular flexibility index (Phi) is 4.51. The standard InChI is InChI=1S/C17H15N3O5/c21-12-6-5-11(14(22)7-12)8-18-19-16(23)9-20-13-3-1-2-4-15(13)25-10-17(20)24/h1-8,21-22H,9-10H2,(H,19,23)/b18-8+. The number of phenolic OH excluding ortho intramolecular Hbond substituents is 2. The fourth-order valence-corrected chi connectivity index (χ4v) is 2.32. The van der Waals surface area contributed by atoms with E-state index in [1.807, 2.05) is 0 Å². The first-order valence-electron chi connectivity index (χ1n) is 7.40. The first kappa shape index (κ1) is 16.3. The molecule has 3 rings (SSSR count). The quantitative estimate of drug-likeness (QED) is 0.567. The van der Waals surface area contributed by atoms with Crippen molar-refractivity contribution >= 4 is 23.7 Å². The molecule has 25 heavy (non-hydrogen) atoms. The topological polar surface area (TPSA) is 111 Å². The number of hydrogen-bond acceptors (Lipinski definition) is 6. The molecule has 1 aliphatic heterocycles. The summed E-state index contributed by atoms with van der Waals surface area (Å²) in [7, 11) is 0. The maximum absolute atomic E-state index is 12.0. The molecule has 0 saturated heterocycles. The average Bonchev–Trinajstić information content (AvgIpc) is 2.59. The Labute approximate surface area is 143 Å². The highest BCUT2D eigenvalue weighted by molar-refractivity contribution is 6.02. The zero-order valence-electron chi connectivity index (χ0n) is 13.0. The number of carbonyl (C=O) groups is 2. The lowest BCUT2D eigenvalue weighted by atomic mass is 10.2. The van der Waals surface area contributed by atoms with E-state index < -0.39 is 5.91 Å². The number of phenols is 2. The highest BCUT2D eigenvalue weighted by Crippen LogP contribution is 2.31. The fourth-order valence-electron chi connectivity index (χ4n) is 2.32. The normalized spacial score (nSPS) is 13.4. The van der Waals surface area contributed by atoms with Crippen molar-refractivity contribution in [3.63, 3.8) is 0 Å². The Morgan fingerprint density at radius 2 is 2.08 bits per heavy atom. The van der Waals surface area contributed by atoms with Gasteiger partial charge in [0.1, 0.15) is 23.8 Å². The molecule has 0 atom stereocenters. The van der Waals surface area contributed by atoms with Gasteiger partial charge in [0.05, 0.1) is 11.9 Å². The van der Waals surface area contributed by atoms with Gasteiger partial charge in [0, 0.05) is 11.6 Å². The van der Waals surface area contributed by atoms with E-state index in [1.54, 1.807) is 24.3 Å². The van der Waals surface area contributed by atoms with Crippen molar-refractivity contribution in [2.75, 3.05) is 18.1 Å². The molecule has 0 aromatic heterocycles. The van der Waals surface area contributed by atoms with Gasteiger partial charge in [-0.15, -0.1) is 0 Å². The number of fused-ring (bicyclic) bond motifs is 1. The molecular weight excluding hydrogens is 326 g/mol. The van der Waals surface area contributed by atoms with Crippen molar-refractivity contribution in [2.24, 2.45) is 5.10 Å². The third-order valence-corrected chi connectivity index (χ3v) is 3.52. The Hall–Kier alpha value is -3.55. The number of anilines is 1. The second kappa shape index (κ2) is 6.91. The van der Waals surface area contributed by atoms with Crippen LogP contribution in [0.3, 0.4) is 0 Å². The third kappa shape index (κ3) is 3.69. The maximum Gasteiger partial charge on any atom is 0.265 e. The second-order valence-electron chi connectivity index (χ2n) is 5.27. The first-order valence-corrected chi connectivity index (χ1v) is 7.40. The van der Waals surface area contributed by atoms with Crippen LogP contribution >= 0.6 is 0 Å². The minimum Gasteiger partial charge on any atom is -0.508 e. The number of rotatable bonds is 4. The fraction of sp³-hybridized carbons (Fsp3) is 0.118. The number of hydrogen-bond donors (Lipinski definition) is 3. The lowest BCUT2D eigenvalue weighted by Gasteiger charge is -2.28. The smallest absolute Gasteiger partial charge is 0.265 e. The molecule has 0 unspecified atom stereocenters. The predicted octanol–water partition coefficient (Wildman–Crippen LogP) is 0.973. The van der Waals surface area contributed by atoms with E-state index >= 15 is 0 Å². The molecule has 2 amide bonds. The number of nitrogens with zero attached hydrogens (tertiary/aromatic N) is 2. The summed E-state index contributed by atoms with van der Waals surface area (Å²) in [4.78, 5) is 25.3. The van der Waals surface area contributed by atoms with Crippen molar-refractivity contribution in [1.82, 2.24) is 5.43 Å². The van der Waals surface area contributed by atoms with Crippen LogP contribution in [0.5, 0.6) is 17.2 Å². The summed E-state index contributed by atoms with van der Waals surface area (Å²) in [5, 5.41) is 22.6. The van der Waals surface area contributed by atoms with Crippen LogP contribution < -0.4 is 15.1 Å². The third-order valence-electron chi connectivity index (χ3n) is 3.52. The molecule has 3 N–H and O–H groups in total. The highest BCUT2D eigenvalue weighted by atomic mass is 16.5. The van der Waals surface area contributed by atoms with Gasteiger partial charge in [0.25, 0.3) is 11.8 Å². The molecular formula is C17H15N3O5. The Morgan fingerprint density at radius 1 is 1.28 bits per heavy atom. The maximum atomic E-state index is 12.0.